The van der Waals surface area contributed by atoms with Crippen LogP contribution in [0.2, 0.25) is 0 Å². The highest BCUT2D eigenvalue weighted by Gasteiger charge is 2.30. The Morgan fingerprint density at radius 3 is 0.854 bits per heavy atom. The minimum absolute atomic E-state index is 0.106. The van der Waals surface area contributed by atoms with Gasteiger partial charge >= 0.3 is 39.5 Å². The fraction of sp³-hybridized carbons (Fsp3) is 0.943. The number of rotatable bonds is 69. The molecule has 528 valence electrons. The van der Waals surface area contributed by atoms with Crippen LogP contribution >= 0.6 is 15.6 Å². The number of hydrogen-bond acceptors (Lipinski definition) is 15. The molecule has 0 spiro atoms. The van der Waals surface area contributed by atoms with Crippen molar-refractivity contribution in [3.63, 3.8) is 0 Å². The minimum Gasteiger partial charge on any atom is -0.462 e. The molecule has 0 aromatic heterocycles. The normalized spacial score (nSPS) is 14.4. The molecule has 0 rings (SSSR count). The molecule has 0 saturated heterocycles. The van der Waals surface area contributed by atoms with E-state index in [4.69, 9.17) is 37.0 Å². The van der Waals surface area contributed by atoms with Crippen molar-refractivity contribution >= 4 is 39.5 Å². The van der Waals surface area contributed by atoms with Gasteiger partial charge in [-0.05, 0) is 37.5 Å². The Labute approximate surface area is 543 Å². The predicted molar refractivity (Wildman–Crippen MR) is 358 cm³/mol. The number of esters is 4. The number of aliphatic hydroxyl groups is 1. The number of carbonyl (C=O) groups is 4. The average molecular weight is 1310 g/mol. The van der Waals surface area contributed by atoms with Crippen LogP contribution in [0.15, 0.2) is 0 Å². The van der Waals surface area contributed by atoms with E-state index >= 15 is 0 Å². The monoisotopic (exact) mass is 1310 g/mol. The molecule has 89 heavy (non-hydrogen) atoms. The van der Waals surface area contributed by atoms with E-state index in [9.17, 15) is 43.2 Å². The molecule has 17 nitrogen and oxygen atoms in total. The van der Waals surface area contributed by atoms with Crippen molar-refractivity contribution in [1.82, 2.24) is 0 Å². The Bertz CT molecular complexity index is 1740. The minimum atomic E-state index is -4.95. The van der Waals surface area contributed by atoms with E-state index in [0.29, 0.717) is 25.7 Å². The first kappa shape index (κ1) is 87.1. The van der Waals surface area contributed by atoms with Crippen LogP contribution in [0.1, 0.15) is 356 Å². The fourth-order valence-corrected chi connectivity index (χ4v) is 12.1. The van der Waals surface area contributed by atoms with Crippen LogP contribution in [0.4, 0.5) is 0 Å². The van der Waals surface area contributed by atoms with Crippen LogP contribution in [0, 0.1) is 11.8 Å². The first-order chi connectivity index (χ1) is 42.9. The summed E-state index contributed by atoms with van der Waals surface area (Å²) in [4.78, 5) is 72.5. The Morgan fingerprint density at radius 1 is 0.326 bits per heavy atom. The van der Waals surface area contributed by atoms with Crippen molar-refractivity contribution in [2.75, 3.05) is 39.6 Å². The number of phosphoric ester groups is 2. The molecular weight excluding hydrogens is 1170 g/mol. The zero-order valence-electron chi connectivity index (χ0n) is 57.7. The molecule has 0 heterocycles. The number of carbonyl (C=O) groups excluding carboxylic acids is 4. The van der Waals surface area contributed by atoms with Crippen LogP contribution in [0.25, 0.3) is 0 Å². The van der Waals surface area contributed by atoms with E-state index in [1.807, 2.05) is 0 Å². The Balaban J connectivity index is 5.25. The maximum Gasteiger partial charge on any atom is 0.472 e. The third kappa shape index (κ3) is 63.2. The van der Waals surface area contributed by atoms with Crippen LogP contribution in [0.3, 0.4) is 0 Å². The smallest absolute Gasteiger partial charge is 0.462 e. The summed E-state index contributed by atoms with van der Waals surface area (Å²) < 4.78 is 68.3. The molecule has 3 unspecified atom stereocenters. The Hall–Kier alpha value is -1.94. The lowest BCUT2D eigenvalue weighted by Gasteiger charge is -2.21. The van der Waals surface area contributed by atoms with Crippen LogP contribution < -0.4 is 0 Å². The molecule has 0 bridgehead atoms. The van der Waals surface area contributed by atoms with Gasteiger partial charge in [0.05, 0.1) is 26.4 Å². The van der Waals surface area contributed by atoms with Crippen LogP contribution in [-0.4, -0.2) is 96.7 Å². The molecule has 0 saturated carbocycles. The summed E-state index contributed by atoms with van der Waals surface area (Å²) in [6.07, 6.45) is 47.1. The predicted octanol–water partition coefficient (Wildman–Crippen LogP) is 20.0. The van der Waals surface area contributed by atoms with E-state index in [2.05, 4.69) is 41.5 Å². The van der Waals surface area contributed by atoms with E-state index in [-0.39, 0.29) is 25.7 Å². The van der Waals surface area contributed by atoms with Gasteiger partial charge < -0.3 is 33.8 Å². The van der Waals surface area contributed by atoms with Crippen molar-refractivity contribution in [2.24, 2.45) is 11.8 Å². The first-order valence-corrected chi connectivity index (χ1v) is 39.5. The quantitative estimate of drug-likeness (QED) is 0.0222. The maximum absolute atomic E-state index is 13.0. The second-order valence-electron chi connectivity index (χ2n) is 26.0. The molecule has 19 heteroatoms. The van der Waals surface area contributed by atoms with Gasteiger partial charge in [-0.1, -0.05) is 305 Å². The molecule has 0 aliphatic heterocycles. The molecule has 0 aliphatic carbocycles. The van der Waals surface area contributed by atoms with Crippen molar-refractivity contribution in [1.29, 1.82) is 0 Å². The molecule has 0 radical (unpaired) electrons. The standard InChI is InChI=1S/C70H136O17P2/c1-7-10-12-14-16-18-20-21-26-29-33-40-46-52-67(72)80-58-65(86-70(75)55-49-43-35-31-27-23-22-25-28-32-38-44-50-62(4)5)60-84-88(76,77)82-56-64(71)57-83-89(78,79)85-61-66(59-81-68(73)53-47-41-37-36-39-45-51-63(6)9-3)87-69(74)54-48-42-34-30-24-19-17-15-13-11-8-2/h62-66,71H,7-61H2,1-6H3,(H,76,77)(H,78,79)/t63?,64-,65-,66-/m1/s1. The second-order valence-corrected chi connectivity index (χ2v) is 28.9. The number of phosphoric acid groups is 2. The zero-order valence-corrected chi connectivity index (χ0v) is 59.5. The number of unbranched alkanes of at least 4 members (excludes halogenated alkanes) is 38. The van der Waals surface area contributed by atoms with E-state index < -0.39 is 97.5 Å². The SMILES string of the molecule is CCCCCCCCCCCCCCCC(=O)OC[C@H](COP(=O)(O)OC[C@@H](O)COP(=O)(O)OC[C@@H](COC(=O)CCCCCCCCC(C)CC)OC(=O)CCCCCCCCCCCCC)OC(=O)CCCCCCCCCCCCCCC(C)C. The van der Waals surface area contributed by atoms with Gasteiger partial charge in [0.25, 0.3) is 0 Å². The molecule has 0 aromatic carbocycles. The van der Waals surface area contributed by atoms with Crippen LogP contribution in [-0.2, 0) is 65.4 Å². The summed E-state index contributed by atoms with van der Waals surface area (Å²) in [5.41, 5.74) is 0. The van der Waals surface area contributed by atoms with E-state index in [0.717, 1.165) is 108 Å². The number of hydrogen-bond donors (Lipinski definition) is 3. The van der Waals surface area contributed by atoms with Gasteiger partial charge in [0.2, 0.25) is 0 Å². The topological polar surface area (TPSA) is 237 Å². The molecule has 0 fully saturated rings. The molecular formula is C70H136O17P2. The zero-order chi connectivity index (χ0) is 65.7. The summed E-state index contributed by atoms with van der Waals surface area (Å²) in [5.74, 6) is -0.615. The van der Waals surface area contributed by atoms with Gasteiger partial charge in [-0.15, -0.1) is 0 Å². The van der Waals surface area contributed by atoms with Gasteiger partial charge in [-0.25, -0.2) is 9.13 Å². The van der Waals surface area contributed by atoms with Gasteiger partial charge in [0.1, 0.15) is 19.3 Å². The van der Waals surface area contributed by atoms with Gasteiger partial charge in [0, 0.05) is 25.7 Å². The first-order valence-electron chi connectivity index (χ1n) is 36.5. The summed E-state index contributed by atoms with van der Waals surface area (Å²) in [7, 11) is -9.90. The van der Waals surface area contributed by atoms with Crippen LogP contribution in [0.5, 0.6) is 0 Å². The van der Waals surface area contributed by atoms with E-state index in [1.54, 1.807) is 0 Å². The molecule has 3 N–H and O–H groups in total. The van der Waals surface area contributed by atoms with Gasteiger partial charge in [0.15, 0.2) is 12.2 Å². The van der Waals surface area contributed by atoms with Crippen molar-refractivity contribution in [3.05, 3.63) is 0 Å². The highest BCUT2D eigenvalue weighted by atomic mass is 31.2. The summed E-state index contributed by atoms with van der Waals surface area (Å²) in [5, 5.41) is 10.6. The lowest BCUT2D eigenvalue weighted by molar-refractivity contribution is -0.161. The summed E-state index contributed by atoms with van der Waals surface area (Å²) in [6.45, 7) is 9.52. The van der Waals surface area contributed by atoms with Gasteiger partial charge in [-0.2, -0.15) is 0 Å². The third-order valence-electron chi connectivity index (χ3n) is 16.6. The second kappa shape index (κ2) is 62.2. The highest BCUT2D eigenvalue weighted by molar-refractivity contribution is 7.47. The lowest BCUT2D eigenvalue weighted by Crippen LogP contribution is -2.30. The Kier molecular flexibility index (Phi) is 60.8. The average Bonchev–Trinajstić information content (AvgIpc) is 3.72. The summed E-state index contributed by atoms with van der Waals surface area (Å²) >= 11 is 0. The molecule has 0 aromatic rings. The van der Waals surface area contributed by atoms with Crippen molar-refractivity contribution in [2.45, 2.75) is 374 Å². The summed E-state index contributed by atoms with van der Waals surface area (Å²) in [6, 6.07) is 0. The lowest BCUT2D eigenvalue weighted by atomic mass is 10.00. The molecule has 0 amide bonds. The highest BCUT2D eigenvalue weighted by Crippen LogP contribution is 2.45. The number of ether oxygens (including phenoxy) is 4. The largest absolute Gasteiger partial charge is 0.472 e. The molecule has 6 atom stereocenters. The van der Waals surface area contributed by atoms with Gasteiger partial charge in [-0.3, -0.25) is 37.3 Å². The Morgan fingerprint density at radius 2 is 0.573 bits per heavy atom. The van der Waals surface area contributed by atoms with E-state index in [1.165, 1.54) is 167 Å². The van der Waals surface area contributed by atoms with Crippen molar-refractivity contribution < 1.29 is 80.2 Å². The maximum atomic E-state index is 13.0. The molecule has 0 aliphatic rings. The number of aliphatic hydroxyl groups excluding tert-OH is 1. The third-order valence-corrected chi connectivity index (χ3v) is 18.5. The fourth-order valence-electron chi connectivity index (χ4n) is 10.6. The van der Waals surface area contributed by atoms with Crippen molar-refractivity contribution in [3.8, 4) is 0 Å².